The van der Waals surface area contributed by atoms with Crippen molar-refractivity contribution < 1.29 is 9.53 Å². The van der Waals surface area contributed by atoms with E-state index in [9.17, 15) is 4.79 Å². The molecule has 0 fully saturated rings. The summed E-state index contributed by atoms with van der Waals surface area (Å²) in [7, 11) is 1.64. The highest BCUT2D eigenvalue weighted by Crippen LogP contribution is 2.30. The normalized spacial score (nSPS) is 10.6. The molecular formula is C16H22N4O2S. The molecule has 1 N–H and O–H groups in total. The van der Waals surface area contributed by atoms with E-state index in [1.54, 1.807) is 7.11 Å². The minimum Gasteiger partial charge on any atom is -0.496 e. The van der Waals surface area contributed by atoms with Crippen molar-refractivity contribution in [3.05, 3.63) is 24.3 Å². The molecule has 1 amide bonds. The number of para-hydroxylation sites is 1. The molecule has 0 unspecified atom stereocenters. The Morgan fingerprint density at radius 2 is 2.09 bits per heavy atom. The quantitative estimate of drug-likeness (QED) is 0.752. The Kier molecular flexibility index (Phi) is 6.46. The second-order valence-corrected chi connectivity index (χ2v) is 5.83. The lowest BCUT2D eigenvalue weighted by Crippen LogP contribution is -2.25. The number of aromatic nitrogens is 3. The first-order chi connectivity index (χ1) is 11.2. The molecule has 2 rings (SSSR count). The fraction of sp³-hybridized carbons (Fsp3) is 0.438. The van der Waals surface area contributed by atoms with Crippen LogP contribution in [0.5, 0.6) is 5.75 Å². The molecule has 124 valence electrons. The number of carbonyl (C=O) groups is 1. The van der Waals surface area contributed by atoms with E-state index in [2.05, 4.69) is 15.5 Å². The van der Waals surface area contributed by atoms with Crippen molar-refractivity contribution in [1.29, 1.82) is 0 Å². The van der Waals surface area contributed by atoms with Crippen LogP contribution in [0.1, 0.15) is 20.3 Å². The molecule has 0 aliphatic rings. The average molecular weight is 334 g/mol. The summed E-state index contributed by atoms with van der Waals surface area (Å²) in [6, 6.07) is 7.71. The van der Waals surface area contributed by atoms with Gasteiger partial charge in [0.1, 0.15) is 5.75 Å². The zero-order valence-electron chi connectivity index (χ0n) is 13.7. The molecule has 0 aliphatic carbocycles. The molecule has 23 heavy (non-hydrogen) atoms. The van der Waals surface area contributed by atoms with Gasteiger partial charge in [0.2, 0.25) is 5.91 Å². The Balaban J connectivity index is 2.18. The van der Waals surface area contributed by atoms with Gasteiger partial charge in [0, 0.05) is 13.1 Å². The van der Waals surface area contributed by atoms with Gasteiger partial charge in [-0.2, -0.15) is 0 Å². The Hall–Kier alpha value is -2.02. The van der Waals surface area contributed by atoms with Gasteiger partial charge < -0.3 is 14.6 Å². The van der Waals surface area contributed by atoms with E-state index < -0.39 is 0 Å². The molecule has 0 radical (unpaired) electrons. The molecule has 0 atom stereocenters. The van der Waals surface area contributed by atoms with Crippen molar-refractivity contribution >= 4 is 17.7 Å². The minimum atomic E-state index is 0.0151. The van der Waals surface area contributed by atoms with Crippen LogP contribution in [0.3, 0.4) is 0 Å². The Labute approximate surface area is 140 Å². The molecule has 7 heteroatoms. The number of methoxy groups -OCH3 is 1. The Morgan fingerprint density at radius 3 is 2.78 bits per heavy atom. The van der Waals surface area contributed by atoms with Crippen LogP contribution in [0.4, 0.5) is 0 Å². The van der Waals surface area contributed by atoms with Crippen LogP contribution in [0.15, 0.2) is 29.4 Å². The number of carbonyl (C=O) groups excluding carboxylic acids is 1. The lowest BCUT2D eigenvalue weighted by Gasteiger charge is -2.10. The van der Waals surface area contributed by atoms with Crippen LogP contribution in [-0.2, 0) is 11.3 Å². The van der Waals surface area contributed by atoms with Crippen molar-refractivity contribution in [2.24, 2.45) is 0 Å². The van der Waals surface area contributed by atoms with E-state index in [1.807, 2.05) is 42.7 Å². The van der Waals surface area contributed by atoms with Crippen LogP contribution in [0.25, 0.3) is 11.4 Å². The van der Waals surface area contributed by atoms with Gasteiger partial charge in [-0.25, -0.2) is 0 Å². The number of nitrogens with one attached hydrogen (secondary N) is 1. The number of nitrogens with zero attached hydrogens (tertiary/aromatic N) is 3. The first-order valence-electron chi connectivity index (χ1n) is 7.67. The number of benzene rings is 1. The van der Waals surface area contributed by atoms with Gasteiger partial charge in [-0.05, 0) is 25.5 Å². The third kappa shape index (κ3) is 4.25. The number of thioether (sulfide) groups is 1. The summed E-state index contributed by atoms with van der Waals surface area (Å²) in [4.78, 5) is 11.7. The van der Waals surface area contributed by atoms with Crippen LogP contribution in [0.2, 0.25) is 0 Å². The molecule has 0 saturated heterocycles. The lowest BCUT2D eigenvalue weighted by atomic mass is 10.2. The highest BCUT2D eigenvalue weighted by Gasteiger charge is 2.17. The van der Waals surface area contributed by atoms with E-state index in [0.29, 0.717) is 12.3 Å². The van der Waals surface area contributed by atoms with Crippen molar-refractivity contribution in [2.45, 2.75) is 32.0 Å². The zero-order chi connectivity index (χ0) is 16.7. The fourth-order valence-electron chi connectivity index (χ4n) is 2.15. The molecule has 1 heterocycles. The highest BCUT2D eigenvalue weighted by atomic mass is 32.2. The van der Waals surface area contributed by atoms with Gasteiger partial charge >= 0.3 is 0 Å². The molecule has 6 nitrogen and oxygen atoms in total. The van der Waals surface area contributed by atoms with Gasteiger partial charge in [0.25, 0.3) is 0 Å². The van der Waals surface area contributed by atoms with E-state index >= 15 is 0 Å². The van der Waals surface area contributed by atoms with E-state index in [4.69, 9.17) is 4.74 Å². The maximum absolute atomic E-state index is 11.7. The van der Waals surface area contributed by atoms with E-state index in [0.717, 1.165) is 35.3 Å². The predicted molar refractivity (Wildman–Crippen MR) is 91.7 cm³/mol. The van der Waals surface area contributed by atoms with Gasteiger partial charge in [-0.3, -0.25) is 4.79 Å². The Bertz CT molecular complexity index is 657. The molecule has 1 aromatic heterocycles. The third-order valence-electron chi connectivity index (χ3n) is 3.29. The number of rotatable bonds is 8. The molecule has 1 aromatic carbocycles. The first-order valence-corrected chi connectivity index (χ1v) is 8.65. The summed E-state index contributed by atoms with van der Waals surface area (Å²) in [5.41, 5.74) is 0.895. The van der Waals surface area contributed by atoms with Crippen LogP contribution < -0.4 is 10.1 Å². The van der Waals surface area contributed by atoms with Gasteiger partial charge in [0.05, 0.1) is 18.4 Å². The molecular weight excluding hydrogens is 312 g/mol. The SMILES string of the molecule is CCCNC(=O)CSc1nnc(-c2ccccc2OC)n1CC. The monoisotopic (exact) mass is 334 g/mol. The largest absolute Gasteiger partial charge is 0.496 e. The predicted octanol–water partition coefficient (Wildman–Crippen LogP) is 2.59. The second kappa shape index (κ2) is 8.57. The zero-order valence-corrected chi connectivity index (χ0v) is 14.5. The number of amides is 1. The highest BCUT2D eigenvalue weighted by molar-refractivity contribution is 7.99. The van der Waals surface area contributed by atoms with Gasteiger partial charge in [-0.1, -0.05) is 30.8 Å². The third-order valence-corrected chi connectivity index (χ3v) is 4.25. The average Bonchev–Trinajstić information content (AvgIpc) is 3.00. The van der Waals surface area contributed by atoms with Crippen molar-refractivity contribution in [2.75, 3.05) is 19.4 Å². The maximum Gasteiger partial charge on any atom is 0.230 e. The second-order valence-electron chi connectivity index (χ2n) is 4.89. The molecule has 2 aromatic rings. The number of ether oxygens (including phenoxy) is 1. The standard InChI is InChI=1S/C16H22N4O2S/c1-4-10-17-14(21)11-23-16-19-18-15(20(16)5-2)12-8-6-7-9-13(12)22-3/h6-9H,4-5,10-11H2,1-3H3,(H,17,21). The topological polar surface area (TPSA) is 69.0 Å². The van der Waals surface area contributed by atoms with Crippen LogP contribution in [-0.4, -0.2) is 40.1 Å². The summed E-state index contributed by atoms with van der Waals surface area (Å²) in [5.74, 6) is 1.86. The summed E-state index contributed by atoms with van der Waals surface area (Å²) in [5, 5.41) is 12.1. The molecule has 0 bridgehead atoms. The molecule has 0 saturated carbocycles. The summed E-state index contributed by atoms with van der Waals surface area (Å²) >= 11 is 1.40. The fourth-order valence-corrected chi connectivity index (χ4v) is 2.99. The number of hydrogen-bond acceptors (Lipinski definition) is 5. The first kappa shape index (κ1) is 17.3. The maximum atomic E-state index is 11.7. The number of hydrogen-bond donors (Lipinski definition) is 1. The Morgan fingerprint density at radius 1 is 1.30 bits per heavy atom. The summed E-state index contributed by atoms with van der Waals surface area (Å²) < 4.78 is 7.39. The van der Waals surface area contributed by atoms with Gasteiger partial charge in [0.15, 0.2) is 11.0 Å². The van der Waals surface area contributed by atoms with Crippen molar-refractivity contribution in [3.63, 3.8) is 0 Å². The minimum absolute atomic E-state index is 0.0151. The smallest absolute Gasteiger partial charge is 0.230 e. The van der Waals surface area contributed by atoms with Crippen LogP contribution in [0, 0.1) is 0 Å². The lowest BCUT2D eigenvalue weighted by molar-refractivity contribution is -0.118. The molecule has 0 aliphatic heterocycles. The molecule has 0 spiro atoms. The van der Waals surface area contributed by atoms with Crippen molar-refractivity contribution in [1.82, 2.24) is 20.1 Å². The van der Waals surface area contributed by atoms with E-state index in [-0.39, 0.29) is 5.91 Å². The summed E-state index contributed by atoms with van der Waals surface area (Å²) in [6.07, 6.45) is 0.930. The van der Waals surface area contributed by atoms with Crippen molar-refractivity contribution in [3.8, 4) is 17.1 Å². The van der Waals surface area contributed by atoms with E-state index in [1.165, 1.54) is 11.8 Å². The summed E-state index contributed by atoms with van der Waals surface area (Å²) in [6.45, 7) is 5.48. The van der Waals surface area contributed by atoms with Gasteiger partial charge in [-0.15, -0.1) is 10.2 Å². The van der Waals surface area contributed by atoms with Crippen LogP contribution >= 0.6 is 11.8 Å².